The maximum atomic E-state index is 12.7. The number of alkyl halides is 3. The lowest BCUT2D eigenvalue weighted by molar-refractivity contribution is -0.274. The number of carbonyl (C=O) groups excluding carboxylic acids is 2. The Balaban J connectivity index is 1.33. The van der Waals surface area contributed by atoms with Crippen LogP contribution in [0.2, 0.25) is 0 Å². The van der Waals surface area contributed by atoms with Gasteiger partial charge in [-0.1, -0.05) is 12.1 Å². The molecule has 0 unspecified atom stereocenters. The lowest BCUT2D eigenvalue weighted by atomic mass is 10.0. The monoisotopic (exact) mass is 533 g/mol. The van der Waals surface area contributed by atoms with E-state index in [2.05, 4.69) is 14.9 Å². The van der Waals surface area contributed by atoms with E-state index in [9.17, 15) is 22.8 Å². The van der Waals surface area contributed by atoms with Crippen LogP contribution >= 0.6 is 0 Å². The molecule has 1 aliphatic heterocycles. The number of aliphatic hydroxyl groups excluding tert-OH is 1. The van der Waals surface area contributed by atoms with Gasteiger partial charge >= 0.3 is 6.36 Å². The number of likely N-dealkylation sites (tertiary alicyclic amines) is 1. The van der Waals surface area contributed by atoms with Crippen LogP contribution in [0, 0.1) is 0 Å². The summed E-state index contributed by atoms with van der Waals surface area (Å²) in [5.41, 5.74) is 7.48. The van der Waals surface area contributed by atoms with Gasteiger partial charge in [0, 0.05) is 31.5 Å². The third kappa shape index (κ3) is 7.00. The van der Waals surface area contributed by atoms with E-state index in [0.29, 0.717) is 48.5 Å². The van der Waals surface area contributed by atoms with Crippen LogP contribution in [0.3, 0.4) is 0 Å². The number of piperidine rings is 1. The van der Waals surface area contributed by atoms with E-state index in [-0.39, 0.29) is 42.9 Å². The minimum absolute atomic E-state index is 0.0496. The van der Waals surface area contributed by atoms with Crippen LogP contribution in [0.15, 0.2) is 48.7 Å². The molecule has 2 heterocycles. The molecule has 10 nitrogen and oxygen atoms in total. The first-order chi connectivity index (χ1) is 18.1. The van der Waals surface area contributed by atoms with Crippen molar-refractivity contribution in [2.75, 3.05) is 19.7 Å². The number of aromatic nitrogens is 3. The van der Waals surface area contributed by atoms with Crippen LogP contribution in [0.25, 0.3) is 11.3 Å². The van der Waals surface area contributed by atoms with Crippen LogP contribution < -0.4 is 15.2 Å². The molecule has 0 atom stereocenters. The number of hydrogen-bond acceptors (Lipinski definition) is 7. The predicted octanol–water partition coefficient (Wildman–Crippen LogP) is 2.55. The van der Waals surface area contributed by atoms with Gasteiger partial charge in [0.2, 0.25) is 5.91 Å². The van der Waals surface area contributed by atoms with Gasteiger partial charge in [-0.05, 0) is 35.9 Å². The summed E-state index contributed by atoms with van der Waals surface area (Å²) in [5.74, 6) is -0.828. The smallest absolute Gasteiger partial charge is 0.489 e. The number of nitrogens with zero attached hydrogens (tertiary/aromatic N) is 4. The maximum Gasteiger partial charge on any atom is 0.573 e. The second-order valence-electron chi connectivity index (χ2n) is 8.69. The van der Waals surface area contributed by atoms with Crippen molar-refractivity contribution in [2.45, 2.75) is 38.3 Å². The first-order valence-electron chi connectivity index (χ1n) is 11.9. The summed E-state index contributed by atoms with van der Waals surface area (Å²) in [4.78, 5) is 27.8. The molecule has 1 saturated heterocycles. The van der Waals surface area contributed by atoms with Gasteiger partial charge in [-0.15, -0.1) is 13.2 Å². The molecule has 13 heteroatoms. The molecule has 3 N–H and O–H groups in total. The zero-order valence-corrected chi connectivity index (χ0v) is 20.2. The van der Waals surface area contributed by atoms with Gasteiger partial charge in [0.25, 0.3) is 5.91 Å². The predicted molar refractivity (Wildman–Crippen MR) is 128 cm³/mol. The van der Waals surface area contributed by atoms with Crippen molar-refractivity contribution < 1.29 is 37.3 Å². The molecule has 4 rings (SSSR count). The van der Waals surface area contributed by atoms with Gasteiger partial charge in [-0.25, -0.2) is 0 Å². The number of amides is 2. The number of carbonyl (C=O) groups is 2. The van der Waals surface area contributed by atoms with E-state index in [4.69, 9.17) is 15.6 Å². The fourth-order valence-corrected chi connectivity index (χ4v) is 4.11. The lowest BCUT2D eigenvalue weighted by Gasteiger charge is -2.32. The van der Waals surface area contributed by atoms with Crippen molar-refractivity contribution in [3.05, 3.63) is 59.8 Å². The molecule has 3 aromatic rings. The van der Waals surface area contributed by atoms with Crippen LogP contribution in [0.1, 0.15) is 28.8 Å². The average molecular weight is 534 g/mol. The number of primary amides is 1. The van der Waals surface area contributed by atoms with Crippen molar-refractivity contribution in [3.63, 3.8) is 0 Å². The summed E-state index contributed by atoms with van der Waals surface area (Å²) in [6.45, 7) is 0.993. The molecule has 0 bridgehead atoms. The quantitative estimate of drug-likeness (QED) is 0.432. The van der Waals surface area contributed by atoms with Crippen molar-refractivity contribution in [2.24, 2.45) is 5.73 Å². The van der Waals surface area contributed by atoms with Crippen LogP contribution in [-0.4, -0.2) is 69.0 Å². The van der Waals surface area contributed by atoms with Crippen molar-refractivity contribution >= 4 is 11.8 Å². The first-order valence-corrected chi connectivity index (χ1v) is 11.9. The van der Waals surface area contributed by atoms with Crippen LogP contribution in [0.4, 0.5) is 13.2 Å². The van der Waals surface area contributed by atoms with Gasteiger partial charge in [-0.3, -0.25) is 9.59 Å². The number of nitrogens with two attached hydrogens (primary N) is 1. The molecule has 1 aliphatic rings. The molecule has 0 aliphatic carbocycles. The summed E-state index contributed by atoms with van der Waals surface area (Å²) in [6.07, 6.45) is -2.39. The molecule has 2 aromatic carbocycles. The lowest BCUT2D eigenvalue weighted by Crippen LogP contribution is -2.42. The van der Waals surface area contributed by atoms with E-state index in [1.807, 2.05) is 0 Å². The Morgan fingerprint density at radius 2 is 1.82 bits per heavy atom. The highest BCUT2D eigenvalue weighted by atomic mass is 19.4. The molecule has 38 heavy (non-hydrogen) atoms. The zero-order valence-electron chi connectivity index (χ0n) is 20.2. The van der Waals surface area contributed by atoms with Gasteiger partial charge in [-0.2, -0.15) is 15.0 Å². The highest BCUT2D eigenvalue weighted by Gasteiger charge is 2.31. The molecule has 0 radical (unpaired) electrons. The van der Waals surface area contributed by atoms with Crippen molar-refractivity contribution in [1.29, 1.82) is 0 Å². The Morgan fingerprint density at radius 1 is 1.11 bits per heavy atom. The highest BCUT2D eigenvalue weighted by molar-refractivity contribution is 5.97. The molecule has 2 amide bonds. The van der Waals surface area contributed by atoms with E-state index in [0.717, 1.165) is 0 Å². The van der Waals surface area contributed by atoms with Crippen molar-refractivity contribution in [1.82, 2.24) is 19.9 Å². The fraction of sp³-hybridized carbons (Fsp3) is 0.360. The molecule has 0 saturated carbocycles. The number of rotatable bonds is 9. The zero-order chi connectivity index (χ0) is 27.3. The molecule has 1 aromatic heterocycles. The number of halogens is 3. The second-order valence-corrected chi connectivity index (χ2v) is 8.69. The molecular formula is C25H26F3N5O5. The Bertz CT molecular complexity index is 1270. The topological polar surface area (TPSA) is 133 Å². The molecule has 1 fully saturated rings. The summed E-state index contributed by atoms with van der Waals surface area (Å²) in [5, 5.41) is 17.3. The van der Waals surface area contributed by atoms with E-state index >= 15 is 0 Å². The van der Waals surface area contributed by atoms with E-state index < -0.39 is 12.3 Å². The van der Waals surface area contributed by atoms with Gasteiger partial charge in [0.15, 0.2) is 0 Å². The van der Waals surface area contributed by atoms with E-state index in [1.54, 1.807) is 23.1 Å². The summed E-state index contributed by atoms with van der Waals surface area (Å²) in [7, 11) is 0. The Morgan fingerprint density at radius 3 is 2.45 bits per heavy atom. The molecule has 202 valence electrons. The third-order valence-corrected chi connectivity index (χ3v) is 5.98. The van der Waals surface area contributed by atoms with Crippen molar-refractivity contribution in [3.8, 4) is 22.8 Å². The number of hydrogen-bond donors (Lipinski definition) is 2. The summed E-state index contributed by atoms with van der Waals surface area (Å²) < 4.78 is 46.8. The standard InChI is InChI=1S/C25H26F3N5O5/c26-25(27,28)38-19-4-1-16(2-5-19)13-23(35)32-9-7-18(8-10-32)37-22-6-3-17(14-20(22)24(29)36)21-15-30-33(31-21)11-12-34/h1-6,14-15,18,34H,7-13H2,(H2,29,36). The fourth-order valence-electron chi connectivity index (χ4n) is 4.11. The Labute approximate surface area is 215 Å². The summed E-state index contributed by atoms with van der Waals surface area (Å²) >= 11 is 0. The van der Waals surface area contributed by atoms with Crippen LogP contribution in [0.5, 0.6) is 11.5 Å². The van der Waals surface area contributed by atoms with Gasteiger partial charge in [0.05, 0.1) is 31.3 Å². The first kappa shape index (κ1) is 26.9. The average Bonchev–Trinajstić information content (AvgIpc) is 3.34. The highest BCUT2D eigenvalue weighted by Crippen LogP contribution is 2.28. The Kier molecular flexibility index (Phi) is 8.15. The van der Waals surface area contributed by atoms with Gasteiger partial charge in [0.1, 0.15) is 23.3 Å². The molecule has 0 spiro atoms. The minimum Gasteiger partial charge on any atom is -0.489 e. The van der Waals surface area contributed by atoms with Gasteiger partial charge < -0.3 is 25.2 Å². The van der Waals surface area contributed by atoms with E-state index in [1.165, 1.54) is 35.3 Å². The number of ether oxygens (including phenoxy) is 2. The number of benzene rings is 2. The Hall–Kier alpha value is -4.13. The SMILES string of the molecule is NC(=O)c1cc(-c2cnn(CCO)n2)ccc1OC1CCN(C(=O)Cc2ccc(OC(F)(F)F)cc2)CC1. The molecular weight excluding hydrogens is 507 g/mol. The maximum absolute atomic E-state index is 12.7. The third-order valence-electron chi connectivity index (χ3n) is 5.98. The van der Waals surface area contributed by atoms with Crippen LogP contribution in [-0.2, 0) is 17.8 Å². The minimum atomic E-state index is -4.77. The normalized spacial score (nSPS) is 14.4. The largest absolute Gasteiger partial charge is 0.573 e. The second kappa shape index (κ2) is 11.5. The summed E-state index contributed by atoms with van der Waals surface area (Å²) in [6, 6.07) is 10.2. The number of aliphatic hydroxyl groups is 1.